The fourth-order valence-electron chi connectivity index (χ4n) is 4.68. The Hall–Kier alpha value is -3.92. The molecule has 0 saturated heterocycles. The lowest BCUT2D eigenvalue weighted by Gasteiger charge is -2.34. The molecule has 1 aromatic heterocycles. The molecule has 1 fully saturated rings. The van der Waals surface area contributed by atoms with E-state index in [-0.39, 0.29) is 34.0 Å². The molecule has 0 bridgehead atoms. The van der Waals surface area contributed by atoms with Crippen LogP contribution in [0.15, 0.2) is 42.5 Å². The van der Waals surface area contributed by atoms with Crippen molar-refractivity contribution in [3.05, 3.63) is 69.7 Å². The number of hydrogen-bond acceptors (Lipinski definition) is 7. The molecule has 1 aliphatic carbocycles. The van der Waals surface area contributed by atoms with Crippen LogP contribution in [0.3, 0.4) is 0 Å². The second kappa shape index (κ2) is 11.0. The number of aromatic hydroxyl groups is 1. The van der Waals surface area contributed by atoms with Crippen molar-refractivity contribution in [2.45, 2.75) is 58.0 Å². The summed E-state index contributed by atoms with van der Waals surface area (Å²) in [6.45, 7) is 3.75. The third-order valence-corrected chi connectivity index (χ3v) is 7.52. The molecule has 1 unspecified atom stereocenters. The van der Waals surface area contributed by atoms with Gasteiger partial charge in [-0.05, 0) is 73.1 Å². The van der Waals surface area contributed by atoms with Crippen LogP contribution in [-0.2, 0) is 4.79 Å². The summed E-state index contributed by atoms with van der Waals surface area (Å²) in [4.78, 5) is 41.3. The van der Waals surface area contributed by atoms with Gasteiger partial charge in [0.25, 0.3) is 11.8 Å². The Labute approximate surface area is 219 Å². The van der Waals surface area contributed by atoms with Crippen molar-refractivity contribution in [3.8, 4) is 5.75 Å². The minimum atomic E-state index is -1.07. The molecule has 6 N–H and O–H groups in total. The number of rotatable bonds is 7. The third-order valence-electron chi connectivity index (χ3n) is 6.67. The topological polar surface area (TPSA) is 152 Å². The molecule has 0 spiro atoms. The fourth-order valence-corrected chi connectivity index (χ4v) is 5.43. The Morgan fingerprint density at radius 2 is 1.76 bits per heavy atom. The van der Waals surface area contributed by atoms with Gasteiger partial charge in [0.1, 0.15) is 16.7 Å². The number of nitrogens with zero attached hydrogens (tertiary/aromatic N) is 2. The Kier molecular flexibility index (Phi) is 7.77. The zero-order chi connectivity index (χ0) is 26.7. The number of aromatic nitrogens is 1. The van der Waals surface area contributed by atoms with Gasteiger partial charge < -0.3 is 21.9 Å². The molecular weight excluding hydrogens is 490 g/mol. The normalized spacial score (nSPS) is 14.6. The minimum Gasteiger partial charge on any atom is -0.508 e. The molecule has 3 amide bonds. The van der Waals surface area contributed by atoms with Crippen LogP contribution in [0.25, 0.3) is 0 Å². The van der Waals surface area contributed by atoms with Gasteiger partial charge in [-0.2, -0.15) is 4.37 Å². The van der Waals surface area contributed by atoms with E-state index in [1.54, 1.807) is 12.1 Å². The molecule has 4 rings (SSSR count). The highest BCUT2D eigenvalue weighted by molar-refractivity contribution is 7.09. The van der Waals surface area contributed by atoms with Crippen molar-refractivity contribution >= 4 is 40.6 Å². The molecular formula is C27H31N5O4S. The van der Waals surface area contributed by atoms with E-state index in [9.17, 15) is 19.5 Å². The van der Waals surface area contributed by atoms with E-state index in [1.165, 1.54) is 17.0 Å². The highest BCUT2D eigenvalue weighted by Crippen LogP contribution is 2.36. The van der Waals surface area contributed by atoms with Gasteiger partial charge in [-0.15, -0.1) is 0 Å². The average molecular weight is 522 g/mol. The second-order valence-corrected chi connectivity index (χ2v) is 10.2. The van der Waals surface area contributed by atoms with E-state index in [1.807, 2.05) is 32.0 Å². The first kappa shape index (κ1) is 26.2. The summed E-state index contributed by atoms with van der Waals surface area (Å²) in [5, 5.41) is 13.1. The quantitative estimate of drug-likeness (QED) is 0.369. The van der Waals surface area contributed by atoms with Gasteiger partial charge in [-0.3, -0.25) is 19.3 Å². The maximum Gasteiger partial charge on any atom is 0.273 e. The molecule has 1 saturated carbocycles. The van der Waals surface area contributed by atoms with E-state index in [0.29, 0.717) is 11.3 Å². The summed E-state index contributed by atoms with van der Waals surface area (Å²) in [6.07, 6.45) is 4.93. The van der Waals surface area contributed by atoms with Gasteiger partial charge >= 0.3 is 0 Å². The highest BCUT2D eigenvalue weighted by atomic mass is 32.1. The van der Waals surface area contributed by atoms with Crippen molar-refractivity contribution in [3.63, 3.8) is 0 Å². The summed E-state index contributed by atoms with van der Waals surface area (Å²) in [5.41, 5.74) is 13.9. The van der Waals surface area contributed by atoms with E-state index in [0.717, 1.165) is 54.8 Å². The SMILES string of the molecule is Cc1ccc(C)c(N(C(=O)c2snc(C(N)=O)c2N)C(C(=O)NC2CCCCC2)c2ccc(O)cc2)c1. The summed E-state index contributed by atoms with van der Waals surface area (Å²) in [7, 11) is 0. The zero-order valence-corrected chi connectivity index (χ0v) is 21.7. The number of aryl methyl sites for hydroxylation is 2. The summed E-state index contributed by atoms with van der Waals surface area (Å²) >= 11 is 0.769. The Morgan fingerprint density at radius 3 is 2.38 bits per heavy atom. The number of carbonyl (C=O) groups is 3. The average Bonchev–Trinajstić information content (AvgIpc) is 3.26. The van der Waals surface area contributed by atoms with Gasteiger partial charge in [0.05, 0.1) is 5.69 Å². The van der Waals surface area contributed by atoms with Crippen LogP contribution in [0.1, 0.15) is 75.0 Å². The van der Waals surface area contributed by atoms with Crippen LogP contribution >= 0.6 is 11.5 Å². The first-order valence-corrected chi connectivity index (χ1v) is 13.0. The molecule has 2 aromatic carbocycles. The lowest BCUT2D eigenvalue weighted by atomic mass is 9.94. The number of nitrogen functional groups attached to an aromatic ring is 1. The standard InChI is InChI=1S/C27H31N5O4S/c1-15-8-9-16(2)20(14-15)32(27(36)24-21(28)22(25(29)34)31-37-24)23(17-10-12-19(33)13-11-17)26(35)30-18-6-4-3-5-7-18/h8-14,18,23,33H,3-7,28H2,1-2H3,(H2,29,34)(H,30,35). The number of hydrogen-bond donors (Lipinski definition) is 4. The van der Waals surface area contributed by atoms with Gasteiger partial charge in [0.15, 0.2) is 5.69 Å². The molecule has 1 heterocycles. The van der Waals surface area contributed by atoms with Gasteiger partial charge in [-0.25, -0.2) is 0 Å². The summed E-state index contributed by atoms with van der Waals surface area (Å²) in [5.74, 6) is -1.72. The first-order valence-electron chi connectivity index (χ1n) is 12.2. The highest BCUT2D eigenvalue weighted by Gasteiger charge is 2.37. The van der Waals surface area contributed by atoms with E-state index in [4.69, 9.17) is 11.5 Å². The van der Waals surface area contributed by atoms with Crippen LogP contribution in [-0.4, -0.2) is 33.2 Å². The van der Waals surface area contributed by atoms with E-state index >= 15 is 0 Å². The predicted octanol–water partition coefficient (Wildman–Crippen LogP) is 3.98. The van der Waals surface area contributed by atoms with Crippen LogP contribution in [0.4, 0.5) is 11.4 Å². The second-order valence-electron chi connectivity index (χ2n) is 9.44. The number of benzene rings is 2. The maximum absolute atomic E-state index is 14.2. The number of amides is 3. The Morgan fingerprint density at radius 1 is 1.08 bits per heavy atom. The Bertz CT molecular complexity index is 1310. The zero-order valence-electron chi connectivity index (χ0n) is 20.9. The molecule has 0 radical (unpaired) electrons. The number of phenolic OH excluding ortho intramolecular Hbond substituents is 1. The molecule has 0 aliphatic heterocycles. The Balaban J connectivity index is 1.88. The molecule has 37 heavy (non-hydrogen) atoms. The van der Waals surface area contributed by atoms with E-state index < -0.39 is 17.9 Å². The van der Waals surface area contributed by atoms with Gasteiger partial charge in [0.2, 0.25) is 5.91 Å². The predicted molar refractivity (Wildman–Crippen MR) is 144 cm³/mol. The fraction of sp³-hybridized carbons (Fsp3) is 0.333. The van der Waals surface area contributed by atoms with Gasteiger partial charge in [0, 0.05) is 11.7 Å². The smallest absolute Gasteiger partial charge is 0.273 e. The van der Waals surface area contributed by atoms with Crippen LogP contribution < -0.4 is 21.7 Å². The van der Waals surface area contributed by atoms with Crippen molar-refractivity contribution < 1.29 is 19.5 Å². The number of carbonyl (C=O) groups excluding carboxylic acids is 3. The van der Waals surface area contributed by atoms with Crippen molar-refractivity contribution in [2.75, 3.05) is 10.6 Å². The van der Waals surface area contributed by atoms with E-state index in [2.05, 4.69) is 9.69 Å². The van der Waals surface area contributed by atoms with Crippen molar-refractivity contribution in [1.82, 2.24) is 9.69 Å². The number of anilines is 2. The minimum absolute atomic E-state index is 0.00589. The first-order chi connectivity index (χ1) is 17.7. The maximum atomic E-state index is 14.2. The van der Waals surface area contributed by atoms with Crippen molar-refractivity contribution in [2.24, 2.45) is 5.73 Å². The lowest BCUT2D eigenvalue weighted by Crippen LogP contribution is -2.47. The third kappa shape index (κ3) is 5.59. The largest absolute Gasteiger partial charge is 0.508 e. The number of phenols is 1. The molecule has 1 aliphatic rings. The molecule has 9 nitrogen and oxygen atoms in total. The summed E-state index contributed by atoms with van der Waals surface area (Å²) in [6, 6.07) is 10.8. The summed E-state index contributed by atoms with van der Waals surface area (Å²) < 4.78 is 4.00. The molecule has 1 atom stereocenters. The monoisotopic (exact) mass is 521 g/mol. The molecule has 194 valence electrons. The van der Waals surface area contributed by atoms with Crippen LogP contribution in [0, 0.1) is 13.8 Å². The number of nitrogens with one attached hydrogen (secondary N) is 1. The van der Waals surface area contributed by atoms with Crippen LogP contribution in [0.2, 0.25) is 0 Å². The lowest BCUT2D eigenvalue weighted by molar-refractivity contribution is -0.123. The van der Waals surface area contributed by atoms with Gasteiger partial charge in [-0.1, -0.05) is 43.5 Å². The molecule has 3 aromatic rings. The number of nitrogens with two attached hydrogens (primary N) is 2. The number of primary amides is 1. The van der Waals surface area contributed by atoms with Crippen molar-refractivity contribution in [1.29, 1.82) is 0 Å². The van der Waals surface area contributed by atoms with Crippen LogP contribution in [0.5, 0.6) is 5.75 Å². The molecule has 10 heteroatoms.